The maximum atomic E-state index is 12.4. The maximum absolute atomic E-state index is 12.4. The van der Waals surface area contributed by atoms with E-state index in [1.165, 1.54) is 12.1 Å². The number of nitrogens with zero attached hydrogens (tertiary/aromatic N) is 1. The zero-order valence-corrected chi connectivity index (χ0v) is 11.9. The number of likely N-dealkylation sites (tertiary alicyclic amines) is 1. The number of benzene rings is 1. The van der Waals surface area contributed by atoms with Crippen molar-refractivity contribution in [2.75, 3.05) is 13.1 Å². The van der Waals surface area contributed by atoms with Crippen molar-refractivity contribution in [3.8, 4) is 0 Å². The van der Waals surface area contributed by atoms with Gasteiger partial charge in [-0.15, -0.1) is 0 Å². The Morgan fingerprint density at radius 2 is 1.81 bits per heavy atom. The largest absolute Gasteiger partial charge is 0.416 e. The van der Waals surface area contributed by atoms with E-state index in [1.54, 1.807) is 6.92 Å². The van der Waals surface area contributed by atoms with E-state index in [0.29, 0.717) is 6.54 Å². The Morgan fingerprint density at radius 3 is 2.33 bits per heavy atom. The Hall–Kier alpha value is -1.56. The summed E-state index contributed by atoms with van der Waals surface area (Å²) in [6.07, 6.45) is -2.24. The van der Waals surface area contributed by atoms with Gasteiger partial charge in [-0.2, -0.15) is 13.2 Å². The number of halogens is 3. The van der Waals surface area contributed by atoms with Crippen LogP contribution in [0.5, 0.6) is 0 Å². The summed E-state index contributed by atoms with van der Waals surface area (Å²) in [7, 11) is 0. The number of carbonyl (C=O) groups excluding carboxylic acids is 1. The second-order valence-electron chi connectivity index (χ2n) is 5.33. The SMILES string of the molecule is CC(NCc1ccc(C(F)(F)F)cc1)C(=O)N1CCCC1. The molecule has 0 bridgehead atoms. The van der Waals surface area contributed by atoms with Crippen molar-refractivity contribution in [1.29, 1.82) is 0 Å². The van der Waals surface area contributed by atoms with E-state index < -0.39 is 11.7 Å². The lowest BCUT2D eigenvalue weighted by molar-refractivity contribution is -0.137. The molecule has 3 nitrogen and oxygen atoms in total. The minimum absolute atomic E-state index is 0.0550. The standard InChI is InChI=1S/C15H19F3N2O/c1-11(14(21)20-8-2-3-9-20)19-10-12-4-6-13(7-5-12)15(16,17)18/h4-7,11,19H,2-3,8-10H2,1H3. The molecule has 116 valence electrons. The smallest absolute Gasteiger partial charge is 0.341 e. The van der Waals surface area contributed by atoms with Crippen molar-refractivity contribution in [2.24, 2.45) is 0 Å². The van der Waals surface area contributed by atoms with Gasteiger partial charge >= 0.3 is 6.18 Å². The molecule has 1 aromatic rings. The maximum Gasteiger partial charge on any atom is 0.416 e. The zero-order valence-electron chi connectivity index (χ0n) is 11.9. The van der Waals surface area contributed by atoms with Gasteiger partial charge in [0.2, 0.25) is 5.91 Å². The van der Waals surface area contributed by atoms with Gasteiger partial charge in [0.1, 0.15) is 0 Å². The molecule has 21 heavy (non-hydrogen) atoms. The van der Waals surface area contributed by atoms with Gasteiger partial charge in [-0.25, -0.2) is 0 Å². The third-order valence-electron chi connectivity index (χ3n) is 3.68. The molecule has 0 saturated carbocycles. The summed E-state index contributed by atoms with van der Waals surface area (Å²) in [6.45, 7) is 3.75. The van der Waals surface area contributed by atoms with Crippen LogP contribution in [0.1, 0.15) is 30.9 Å². The van der Waals surface area contributed by atoms with Gasteiger partial charge in [0.15, 0.2) is 0 Å². The summed E-state index contributed by atoms with van der Waals surface area (Å²) >= 11 is 0. The van der Waals surface area contributed by atoms with Crippen LogP contribution in [0.15, 0.2) is 24.3 Å². The summed E-state index contributed by atoms with van der Waals surface area (Å²) in [4.78, 5) is 13.9. The van der Waals surface area contributed by atoms with Crippen LogP contribution in [-0.2, 0) is 17.5 Å². The zero-order chi connectivity index (χ0) is 15.5. The Kier molecular flexibility index (Phi) is 4.88. The molecule has 1 unspecified atom stereocenters. The Balaban J connectivity index is 1.86. The molecule has 1 heterocycles. The Morgan fingerprint density at radius 1 is 1.24 bits per heavy atom. The first-order valence-electron chi connectivity index (χ1n) is 7.06. The minimum atomic E-state index is -4.31. The fraction of sp³-hybridized carbons (Fsp3) is 0.533. The normalized spacial score (nSPS) is 17.0. The molecule has 1 aliphatic rings. The number of hydrogen-bond donors (Lipinski definition) is 1. The molecule has 1 atom stereocenters. The third kappa shape index (κ3) is 4.20. The average molecular weight is 300 g/mol. The van der Waals surface area contributed by atoms with Gasteiger partial charge in [-0.3, -0.25) is 4.79 Å². The molecular weight excluding hydrogens is 281 g/mol. The van der Waals surface area contributed by atoms with Crippen molar-refractivity contribution >= 4 is 5.91 Å². The van der Waals surface area contributed by atoms with E-state index in [1.807, 2.05) is 4.90 Å². The fourth-order valence-electron chi connectivity index (χ4n) is 2.38. The molecule has 0 radical (unpaired) electrons. The highest BCUT2D eigenvalue weighted by Crippen LogP contribution is 2.29. The van der Waals surface area contributed by atoms with E-state index in [-0.39, 0.29) is 11.9 Å². The quantitative estimate of drug-likeness (QED) is 0.927. The van der Waals surface area contributed by atoms with Crippen LogP contribution in [0.25, 0.3) is 0 Å². The van der Waals surface area contributed by atoms with Crippen LogP contribution >= 0.6 is 0 Å². The second kappa shape index (κ2) is 6.47. The van der Waals surface area contributed by atoms with E-state index in [4.69, 9.17) is 0 Å². The van der Waals surface area contributed by atoms with Crippen LogP contribution in [0.4, 0.5) is 13.2 Å². The van der Waals surface area contributed by atoms with Gasteiger partial charge < -0.3 is 10.2 Å². The van der Waals surface area contributed by atoms with Crippen LogP contribution in [-0.4, -0.2) is 29.9 Å². The lowest BCUT2D eigenvalue weighted by Gasteiger charge is -2.21. The summed E-state index contributed by atoms with van der Waals surface area (Å²) in [5.74, 6) is 0.0550. The minimum Gasteiger partial charge on any atom is -0.341 e. The fourth-order valence-corrected chi connectivity index (χ4v) is 2.38. The number of rotatable bonds is 4. The molecule has 1 aromatic carbocycles. The first kappa shape index (κ1) is 15.8. The monoisotopic (exact) mass is 300 g/mol. The molecule has 1 N–H and O–H groups in total. The lowest BCUT2D eigenvalue weighted by Crippen LogP contribution is -2.43. The summed E-state index contributed by atoms with van der Waals surface area (Å²) < 4.78 is 37.3. The van der Waals surface area contributed by atoms with E-state index >= 15 is 0 Å². The number of amides is 1. The van der Waals surface area contributed by atoms with Gasteiger partial charge in [0.25, 0.3) is 0 Å². The molecule has 0 aromatic heterocycles. The molecule has 1 fully saturated rings. The van der Waals surface area contributed by atoms with Crippen LogP contribution in [0, 0.1) is 0 Å². The third-order valence-corrected chi connectivity index (χ3v) is 3.68. The van der Waals surface area contributed by atoms with Gasteiger partial charge in [0.05, 0.1) is 11.6 Å². The highest BCUT2D eigenvalue weighted by Gasteiger charge is 2.30. The number of nitrogens with one attached hydrogen (secondary N) is 1. The van der Waals surface area contributed by atoms with Crippen molar-refractivity contribution in [2.45, 2.75) is 38.5 Å². The van der Waals surface area contributed by atoms with Crippen LogP contribution in [0.2, 0.25) is 0 Å². The molecule has 0 aliphatic carbocycles. The summed E-state index contributed by atoms with van der Waals surface area (Å²) in [6, 6.07) is 4.66. The molecule has 0 spiro atoms. The molecule has 1 aliphatic heterocycles. The van der Waals surface area contributed by atoms with E-state index in [9.17, 15) is 18.0 Å². The first-order valence-corrected chi connectivity index (χ1v) is 7.06. The summed E-state index contributed by atoms with van der Waals surface area (Å²) in [5.41, 5.74) is 0.0662. The number of hydrogen-bond acceptors (Lipinski definition) is 2. The van der Waals surface area contributed by atoms with Crippen molar-refractivity contribution in [1.82, 2.24) is 10.2 Å². The molecule has 2 rings (SSSR count). The lowest BCUT2D eigenvalue weighted by atomic mass is 10.1. The Bertz CT molecular complexity index is 479. The van der Waals surface area contributed by atoms with Crippen LogP contribution in [0.3, 0.4) is 0 Å². The van der Waals surface area contributed by atoms with Crippen molar-refractivity contribution in [3.05, 3.63) is 35.4 Å². The van der Waals surface area contributed by atoms with Gasteiger partial charge in [-0.05, 0) is 37.5 Å². The predicted octanol–water partition coefficient (Wildman–Crippen LogP) is 2.81. The van der Waals surface area contributed by atoms with Crippen molar-refractivity contribution < 1.29 is 18.0 Å². The second-order valence-corrected chi connectivity index (χ2v) is 5.33. The topological polar surface area (TPSA) is 32.3 Å². The van der Waals surface area contributed by atoms with Crippen LogP contribution < -0.4 is 5.32 Å². The molecule has 6 heteroatoms. The van der Waals surface area contributed by atoms with E-state index in [2.05, 4.69) is 5.32 Å². The van der Waals surface area contributed by atoms with Gasteiger partial charge in [0, 0.05) is 19.6 Å². The Labute approximate surface area is 122 Å². The first-order chi connectivity index (χ1) is 9.88. The molecule has 1 amide bonds. The van der Waals surface area contributed by atoms with Crippen molar-refractivity contribution in [3.63, 3.8) is 0 Å². The average Bonchev–Trinajstić information content (AvgIpc) is 2.97. The predicted molar refractivity (Wildman–Crippen MR) is 73.6 cm³/mol. The van der Waals surface area contributed by atoms with Gasteiger partial charge in [-0.1, -0.05) is 12.1 Å². The molecule has 1 saturated heterocycles. The number of alkyl halides is 3. The van der Waals surface area contributed by atoms with E-state index in [0.717, 1.165) is 43.6 Å². The summed E-state index contributed by atoms with van der Waals surface area (Å²) in [5, 5.41) is 3.06. The number of carbonyl (C=O) groups is 1. The highest BCUT2D eigenvalue weighted by atomic mass is 19.4. The highest BCUT2D eigenvalue weighted by molar-refractivity contribution is 5.81. The molecular formula is C15H19F3N2O.